The van der Waals surface area contributed by atoms with Crippen LogP contribution in [0.2, 0.25) is 0 Å². The summed E-state index contributed by atoms with van der Waals surface area (Å²) < 4.78 is 37.6. The molecule has 162 valence electrons. The minimum Gasteiger partial charge on any atom is -0.412 e. The van der Waals surface area contributed by atoms with Crippen LogP contribution in [0.25, 0.3) is 11.5 Å². The fourth-order valence-electron chi connectivity index (χ4n) is 3.79. The Kier molecular flexibility index (Phi) is 6.16. The third-order valence-electron chi connectivity index (χ3n) is 5.68. The van der Waals surface area contributed by atoms with Crippen LogP contribution in [0.15, 0.2) is 33.6 Å². The molecule has 1 aliphatic carbocycles. The van der Waals surface area contributed by atoms with Gasteiger partial charge in [0.05, 0.1) is 18.1 Å². The second kappa shape index (κ2) is 8.83. The van der Waals surface area contributed by atoms with Crippen molar-refractivity contribution in [2.75, 3.05) is 26.3 Å². The lowest BCUT2D eigenvalue weighted by Gasteiger charge is -2.26. The van der Waals surface area contributed by atoms with Gasteiger partial charge in [-0.2, -0.15) is 4.31 Å². The molecule has 9 nitrogen and oxygen atoms in total. The summed E-state index contributed by atoms with van der Waals surface area (Å²) in [7, 11) is -3.57. The van der Waals surface area contributed by atoms with Crippen LogP contribution in [0.1, 0.15) is 43.3 Å². The van der Waals surface area contributed by atoms with Gasteiger partial charge >= 0.3 is 11.8 Å². The summed E-state index contributed by atoms with van der Waals surface area (Å²) in [5.74, 6) is 0.407. The van der Waals surface area contributed by atoms with Crippen LogP contribution < -0.4 is 5.32 Å². The first-order valence-electron chi connectivity index (χ1n) is 10.3. The maximum absolute atomic E-state index is 12.7. The number of amides is 1. The summed E-state index contributed by atoms with van der Waals surface area (Å²) >= 11 is 0. The average molecular weight is 435 g/mol. The van der Waals surface area contributed by atoms with E-state index in [2.05, 4.69) is 22.4 Å². The van der Waals surface area contributed by atoms with Crippen molar-refractivity contribution in [1.82, 2.24) is 19.8 Å². The molecule has 1 amide bonds. The van der Waals surface area contributed by atoms with E-state index in [4.69, 9.17) is 9.15 Å². The third-order valence-corrected chi connectivity index (χ3v) is 7.59. The molecule has 2 fully saturated rings. The number of ether oxygens (including phenoxy) is 1. The van der Waals surface area contributed by atoms with Crippen molar-refractivity contribution < 1.29 is 22.4 Å². The summed E-state index contributed by atoms with van der Waals surface area (Å²) in [6, 6.07) is 6.35. The molecule has 0 spiro atoms. The van der Waals surface area contributed by atoms with Gasteiger partial charge in [0.1, 0.15) is 0 Å². The van der Waals surface area contributed by atoms with E-state index in [0.29, 0.717) is 37.8 Å². The molecule has 0 bridgehead atoms. The van der Waals surface area contributed by atoms with Gasteiger partial charge < -0.3 is 14.5 Å². The fourth-order valence-corrected chi connectivity index (χ4v) is 5.20. The molecule has 0 radical (unpaired) electrons. The molecule has 2 aromatic rings. The van der Waals surface area contributed by atoms with E-state index in [9.17, 15) is 13.2 Å². The highest BCUT2D eigenvalue weighted by Gasteiger charge is 2.27. The van der Waals surface area contributed by atoms with Gasteiger partial charge in [0.2, 0.25) is 15.9 Å². The lowest BCUT2D eigenvalue weighted by Crippen LogP contribution is -2.40. The number of aromatic nitrogens is 2. The Hall–Kier alpha value is -2.30. The maximum atomic E-state index is 12.7. The van der Waals surface area contributed by atoms with Crippen LogP contribution in [0.4, 0.5) is 0 Å². The van der Waals surface area contributed by atoms with Gasteiger partial charge in [-0.3, -0.25) is 4.79 Å². The van der Waals surface area contributed by atoms with E-state index in [-0.39, 0.29) is 28.6 Å². The van der Waals surface area contributed by atoms with Crippen molar-refractivity contribution in [2.45, 2.75) is 43.5 Å². The molecular formula is C20H26N4O5S. The molecule has 0 atom stereocenters. The zero-order chi connectivity index (χ0) is 21.1. The monoisotopic (exact) mass is 434 g/mol. The Morgan fingerprint density at radius 1 is 1.07 bits per heavy atom. The standard InChI is InChI=1S/C20H26N4O5S/c1-14-2-6-16(7-3-14)21-18(25)20-23-22-19(29-20)15-4-8-17(9-5-15)30(26,27)24-10-12-28-13-11-24/h4-5,8-9,14,16H,2-3,6-7,10-13H2,1H3,(H,21,25). The zero-order valence-electron chi connectivity index (χ0n) is 16.9. The SMILES string of the molecule is CC1CCC(NC(=O)c2nnc(-c3ccc(S(=O)(=O)N4CCOCC4)cc3)o2)CC1. The van der Waals surface area contributed by atoms with E-state index in [1.165, 1.54) is 16.4 Å². The summed E-state index contributed by atoms with van der Waals surface area (Å²) in [6.07, 6.45) is 4.10. The molecule has 4 rings (SSSR count). The normalized spacial score (nSPS) is 23.2. The predicted molar refractivity (Wildman–Crippen MR) is 108 cm³/mol. The summed E-state index contributed by atoms with van der Waals surface area (Å²) in [6.45, 7) is 3.69. The lowest BCUT2D eigenvalue weighted by atomic mass is 9.87. The van der Waals surface area contributed by atoms with Gasteiger partial charge in [0.25, 0.3) is 0 Å². The van der Waals surface area contributed by atoms with E-state index in [1.54, 1.807) is 12.1 Å². The van der Waals surface area contributed by atoms with Crippen LogP contribution >= 0.6 is 0 Å². The number of benzene rings is 1. The molecule has 30 heavy (non-hydrogen) atoms. The van der Waals surface area contributed by atoms with Crippen molar-refractivity contribution >= 4 is 15.9 Å². The van der Waals surface area contributed by atoms with Crippen LogP contribution in [0.5, 0.6) is 0 Å². The molecule has 1 saturated heterocycles. The summed E-state index contributed by atoms with van der Waals surface area (Å²) in [5, 5.41) is 10.7. The van der Waals surface area contributed by atoms with Crippen LogP contribution in [-0.4, -0.2) is 61.2 Å². The molecule has 2 heterocycles. The van der Waals surface area contributed by atoms with Crippen molar-refractivity contribution in [3.63, 3.8) is 0 Å². The number of rotatable bonds is 5. The highest BCUT2D eigenvalue weighted by Crippen LogP contribution is 2.25. The smallest absolute Gasteiger partial charge is 0.309 e. The highest BCUT2D eigenvalue weighted by molar-refractivity contribution is 7.89. The van der Waals surface area contributed by atoms with Gasteiger partial charge in [-0.05, 0) is 55.9 Å². The van der Waals surface area contributed by atoms with E-state index in [0.717, 1.165) is 25.7 Å². The third kappa shape index (κ3) is 4.55. The van der Waals surface area contributed by atoms with Crippen LogP contribution in [-0.2, 0) is 14.8 Å². The first-order chi connectivity index (χ1) is 14.4. The number of nitrogens with one attached hydrogen (secondary N) is 1. The number of carbonyl (C=O) groups is 1. The van der Waals surface area contributed by atoms with E-state index in [1.807, 2.05) is 0 Å². The first kappa shape index (κ1) is 21.0. The van der Waals surface area contributed by atoms with Gasteiger partial charge in [0, 0.05) is 24.7 Å². The molecule has 1 saturated carbocycles. The topological polar surface area (TPSA) is 115 Å². The molecule has 1 N–H and O–H groups in total. The number of hydrogen-bond donors (Lipinski definition) is 1. The summed E-state index contributed by atoms with van der Waals surface area (Å²) in [5.41, 5.74) is 0.550. The Labute approximate surface area is 175 Å². The minimum absolute atomic E-state index is 0.0892. The Morgan fingerprint density at radius 2 is 1.73 bits per heavy atom. The van der Waals surface area contributed by atoms with Gasteiger partial charge in [-0.1, -0.05) is 6.92 Å². The Bertz CT molecular complexity index is 975. The average Bonchev–Trinajstić information content (AvgIpc) is 3.27. The second-order valence-electron chi connectivity index (χ2n) is 7.88. The highest BCUT2D eigenvalue weighted by atomic mass is 32.2. The Morgan fingerprint density at radius 3 is 2.40 bits per heavy atom. The van der Waals surface area contributed by atoms with Crippen molar-refractivity contribution in [1.29, 1.82) is 0 Å². The molecule has 0 unspecified atom stereocenters. The second-order valence-corrected chi connectivity index (χ2v) is 9.82. The van der Waals surface area contributed by atoms with Crippen molar-refractivity contribution in [2.24, 2.45) is 5.92 Å². The van der Waals surface area contributed by atoms with E-state index < -0.39 is 10.0 Å². The number of hydrogen-bond acceptors (Lipinski definition) is 7. The van der Waals surface area contributed by atoms with Gasteiger partial charge in [-0.25, -0.2) is 8.42 Å². The molecule has 1 aliphatic heterocycles. The quantitative estimate of drug-likeness (QED) is 0.766. The van der Waals surface area contributed by atoms with Crippen LogP contribution in [0.3, 0.4) is 0 Å². The maximum Gasteiger partial charge on any atom is 0.309 e. The van der Waals surface area contributed by atoms with Gasteiger partial charge in [-0.15, -0.1) is 10.2 Å². The largest absolute Gasteiger partial charge is 0.412 e. The minimum atomic E-state index is -3.57. The molecule has 2 aliphatic rings. The first-order valence-corrected chi connectivity index (χ1v) is 11.7. The predicted octanol–water partition coefficient (Wildman–Crippen LogP) is 2.07. The summed E-state index contributed by atoms with van der Waals surface area (Å²) in [4.78, 5) is 12.6. The lowest BCUT2D eigenvalue weighted by molar-refractivity contribution is 0.0730. The number of nitrogens with zero attached hydrogens (tertiary/aromatic N) is 3. The molecule has 10 heteroatoms. The number of sulfonamides is 1. The van der Waals surface area contributed by atoms with Crippen molar-refractivity contribution in [3.8, 4) is 11.5 Å². The zero-order valence-corrected chi connectivity index (χ0v) is 17.7. The molecule has 1 aromatic carbocycles. The van der Waals surface area contributed by atoms with Gasteiger partial charge in [0.15, 0.2) is 0 Å². The number of morpholine rings is 1. The number of carbonyl (C=O) groups excluding carboxylic acids is 1. The molecule has 1 aromatic heterocycles. The van der Waals surface area contributed by atoms with Crippen molar-refractivity contribution in [3.05, 3.63) is 30.2 Å². The fraction of sp³-hybridized carbons (Fsp3) is 0.550. The Balaban J connectivity index is 1.42. The van der Waals surface area contributed by atoms with Crippen LogP contribution in [0, 0.1) is 5.92 Å². The van der Waals surface area contributed by atoms with E-state index >= 15 is 0 Å². The molecular weight excluding hydrogens is 408 g/mol.